The van der Waals surface area contributed by atoms with Gasteiger partial charge in [0.05, 0.1) is 11.0 Å². The number of benzene rings is 2. The number of sulfone groups is 1. The lowest BCUT2D eigenvalue weighted by Gasteiger charge is -2.04. The maximum Gasteiger partial charge on any atom is 0.184 e. The van der Waals surface area contributed by atoms with Crippen molar-refractivity contribution < 1.29 is 12.8 Å². The van der Waals surface area contributed by atoms with Crippen LogP contribution in [0.15, 0.2) is 53.4 Å². The summed E-state index contributed by atoms with van der Waals surface area (Å²) in [5.41, 5.74) is 4.99. The van der Waals surface area contributed by atoms with Gasteiger partial charge in [0, 0.05) is 10.9 Å². The fraction of sp³-hybridized carbons (Fsp3) is 0.188. The maximum atomic E-state index is 13.1. The van der Waals surface area contributed by atoms with Gasteiger partial charge in [0.2, 0.25) is 0 Å². The zero-order valence-corrected chi connectivity index (χ0v) is 13.4. The zero-order valence-electron chi connectivity index (χ0n) is 11.8. The standard InChI is InChI=1S/C16H12ClFN2O2S/c17-11-3-7-13(8-4-11)23(21,22)15-14(16(15,20)9-19)10-1-5-12(18)6-2-10/h1-8,14-15H,20H2/t14-,15-,16+/m0/s1. The van der Waals surface area contributed by atoms with Crippen molar-refractivity contribution in [1.82, 2.24) is 0 Å². The second kappa shape index (κ2) is 5.31. The third-order valence-corrected chi connectivity index (χ3v) is 6.59. The van der Waals surface area contributed by atoms with E-state index in [-0.39, 0.29) is 4.90 Å². The van der Waals surface area contributed by atoms with Gasteiger partial charge < -0.3 is 5.73 Å². The fourth-order valence-electron chi connectivity index (χ4n) is 2.83. The van der Waals surface area contributed by atoms with E-state index in [4.69, 9.17) is 17.3 Å². The smallest absolute Gasteiger partial charge is 0.184 e. The lowest BCUT2D eigenvalue weighted by Crippen LogP contribution is -2.29. The summed E-state index contributed by atoms with van der Waals surface area (Å²) in [4.78, 5) is 0.0570. The molecule has 2 aromatic rings. The summed E-state index contributed by atoms with van der Waals surface area (Å²) in [6, 6.07) is 12.9. The van der Waals surface area contributed by atoms with Gasteiger partial charge in [-0.3, -0.25) is 0 Å². The molecule has 4 nitrogen and oxygen atoms in total. The van der Waals surface area contributed by atoms with Crippen LogP contribution in [0.25, 0.3) is 0 Å². The number of rotatable bonds is 3. The van der Waals surface area contributed by atoms with Gasteiger partial charge in [-0.05, 0) is 42.0 Å². The van der Waals surface area contributed by atoms with Crippen molar-refractivity contribution in [3.8, 4) is 6.07 Å². The van der Waals surface area contributed by atoms with E-state index in [2.05, 4.69) is 0 Å². The largest absolute Gasteiger partial charge is 0.312 e. The van der Waals surface area contributed by atoms with Crippen LogP contribution in [0.5, 0.6) is 0 Å². The molecule has 1 saturated carbocycles. The molecule has 0 heterocycles. The van der Waals surface area contributed by atoms with Crippen molar-refractivity contribution >= 4 is 21.4 Å². The van der Waals surface area contributed by atoms with E-state index in [0.717, 1.165) is 0 Å². The molecule has 0 unspecified atom stereocenters. The highest BCUT2D eigenvalue weighted by Gasteiger charge is 2.70. The number of nitrogens with two attached hydrogens (primary N) is 1. The van der Waals surface area contributed by atoms with Gasteiger partial charge in [0.25, 0.3) is 0 Å². The topological polar surface area (TPSA) is 83.9 Å². The average molecular weight is 351 g/mol. The van der Waals surface area contributed by atoms with Crippen LogP contribution in [0.1, 0.15) is 11.5 Å². The predicted molar refractivity (Wildman–Crippen MR) is 84.1 cm³/mol. The molecule has 2 N–H and O–H groups in total. The summed E-state index contributed by atoms with van der Waals surface area (Å²) in [5.74, 6) is -1.14. The van der Waals surface area contributed by atoms with Gasteiger partial charge in [0.1, 0.15) is 16.6 Å². The predicted octanol–water partition coefficient (Wildman–Crippen LogP) is 2.64. The first-order chi connectivity index (χ1) is 10.8. The van der Waals surface area contributed by atoms with Gasteiger partial charge in [-0.25, -0.2) is 12.8 Å². The van der Waals surface area contributed by atoms with Crippen molar-refractivity contribution in [3.63, 3.8) is 0 Å². The minimum atomic E-state index is -3.81. The lowest BCUT2D eigenvalue weighted by molar-refractivity contribution is 0.592. The maximum absolute atomic E-state index is 13.1. The Balaban J connectivity index is 2.03. The first-order valence-corrected chi connectivity index (χ1v) is 8.68. The first kappa shape index (κ1) is 15.9. The molecule has 3 atom stereocenters. The number of hydrogen-bond acceptors (Lipinski definition) is 4. The molecule has 0 saturated heterocycles. The molecule has 23 heavy (non-hydrogen) atoms. The van der Waals surface area contributed by atoms with E-state index in [0.29, 0.717) is 10.6 Å². The summed E-state index contributed by atoms with van der Waals surface area (Å²) < 4.78 is 38.6. The molecule has 1 fully saturated rings. The van der Waals surface area contributed by atoms with Crippen molar-refractivity contribution in [2.75, 3.05) is 0 Å². The molecule has 1 aliphatic rings. The Morgan fingerprint density at radius 2 is 1.70 bits per heavy atom. The third-order valence-electron chi connectivity index (χ3n) is 4.08. The van der Waals surface area contributed by atoms with Crippen molar-refractivity contribution in [2.24, 2.45) is 5.73 Å². The molecular formula is C16H12ClFN2O2S. The summed E-state index contributed by atoms with van der Waals surface area (Å²) in [6.07, 6.45) is 0. The summed E-state index contributed by atoms with van der Waals surface area (Å²) in [7, 11) is -3.81. The zero-order chi connectivity index (χ0) is 16.8. The van der Waals surface area contributed by atoms with Gasteiger partial charge >= 0.3 is 0 Å². The highest BCUT2D eigenvalue weighted by Crippen LogP contribution is 2.55. The number of nitriles is 1. The van der Waals surface area contributed by atoms with Crippen LogP contribution in [0.4, 0.5) is 4.39 Å². The Labute approximate surface area is 138 Å². The summed E-state index contributed by atoms with van der Waals surface area (Å²) in [6.45, 7) is 0. The summed E-state index contributed by atoms with van der Waals surface area (Å²) >= 11 is 5.77. The minimum absolute atomic E-state index is 0.0570. The van der Waals surface area contributed by atoms with E-state index >= 15 is 0 Å². The van der Waals surface area contributed by atoms with Gasteiger partial charge in [-0.2, -0.15) is 5.26 Å². The number of halogens is 2. The molecule has 0 spiro atoms. The van der Waals surface area contributed by atoms with Crippen LogP contribution in [0.3, 0.4) is 0 Å². The lowest BCUT2D eigenvalue weighted by atomic mass is 10.1. The molecule has 7 heteroatoms. The van der Waals surface area contributed by atoms with E-state index < -0.39 is 32.4 Å². The van der Waals surface area contributed by atoms with E-state index in [1.54, 1.807) is 0 Å². The van der Waals surface area contributed by atoms with Crippen molar-refractivity contribution in [3.05, 3.63) is 64.9 Å². The SMILES string of the molecule is N#C[C@@]1(N)[C@@H](c2ccc(F)cc2)[C@@H]1S(=O)(=O)c1ccc(Cl)cc1. The molecule has 0 aliphatic heterocycles. The molecule has 2 aromatic carbocycles. The molecule has 0 bridgehead atoms. The van der Waals surface area contributed by atoms with Gasteiger partial charge in [-0.1, -0.05) is 23.7 Å². The second-order valence-corrected chi connectivity index (χ2v) is 8.00. The first-order valence-electron chi connectivity index (χ1n) is 6.76. The minimum Gasteiger partial charge on any atom is -0.312 e. The van der Waals surface area contributed by atoms with Crippen LogP contribution < -0.4 is 5.73 Å². The van der Waals surface area contributed by atoms with Gasteiger partial charge in [0.15, 0.2) is 9.84 Å². The van der Waals surface area contributed by atoms with E-state index in [1.807, 2.05) is 6.07 Å². The van der Waals surface area contributed by atoms with Crippen LogP contribution in [-0.2, 0) is 9.84 Å². The number of hydrogen-bond donors (Lipinski definition) is 1. The van der Waals surface area contributed by atoms with Crippen molar-refractivity contribution in [2.45, 2.75) is 21.6 Å². The van der Waals surface area contributed by atoms with E-state index in [1.165, 1.54) is 48.5 Å². The second-order valence-electron chi connectivity index (χ2n) is 5.49. The molecular weight excluding hydrogens is 339 g/mol. The molecule has 0 aromatic heterocycles. The average Bonchev–Trinajstić information content (AvgIpc) is 3.16. The molecule has 1 aliphatic carbocycles. The molecule has 0 radical (unpaired) electrons. The highest BCUT2D eigenvalue weighted by molar-refractivity contribution is 7.92. The van der Waals surface area contributed by atoms with E-state index in [9.17, 15) is 18.1 Å². The quantitative estimate of drug-likeness (QED) is 0.922. The van der Waals surface area contributed by atoms with Crippen LogP contribution in [0.2, 0.25) is 5.02 Å². The van der Waals surface area contributed by atoms with Crippen LogP contribution in [-0.4, -0.2) is 19.2 Å². The molecule has 3 rings (SSSR count). The number of nitrogens with zero attached hydrogens (tertiary/aromatic N) is 1. The third kappa shape index (κ3) is 2.51. The normalized spacial score (nSPS) is 26.5. The van der Waals surface area contributed by atoms with Crippen LogP contribution in [0, 0.1) is 17.1 Å². The Morgan fingerprint density at radius 1 is 1.13 bits per heavy atom. The highest BCUT2D eigenvalue weighted by atomic mass is 35.5. The monoisotopic (exact) mass is 350 g/mol. The Hall–Kier alpha value is -1.94. The fourth-order valence-corrected chi connectivity index (χ4v) is 5.14. The van der Waals surface area contributed by atoms with Crippen LogP contribution >= 0.6 is 11.6 Å². The Kier molecular flexibility index (Phi) is 3.68. The Morgan fingerprint density at radius 3 is 2.22 bits per heavy atom. The van der Waals surface area contributed by atoms with Gasteiger partial charge in [-0.15, -0.1) is 0 Å². The summed E-state index contributed by atoms with van der Waals surface area (Å²) in [5, 5.41) is 8.68. The Bertz CT molecular complexity index is 891. The molecule has 118 valence electrons. The van der Waals surface area contributed by atoms with Crippen molar-refractivity contribution in [1.29, 1.82) is 5.26 Å². The molecule has 0 amide bonds.